The summed E-state index contributed by atoms with van der Waals surface area (Å²) in [5.41, 5.74) is 39.4. The Hall–Kier alpha value is -9.76. The van der Waals surface area contributed by atoms with E-state index in [4.69, 9.17) is 0 Å². The van der Waals surface area contributed by atoms with Crippen LogP contribution in [0.4, 0.5) is 34.1 Å². The quantitative estimate of drug-likeness (QED) is 0.150. The lowest BCUT2D eigenvalue weighted by Crippen LogP contribution is -2.18. The van der Waals surface area contributed by atoms with E-state index in [-0.39, 0.29) is 43.3 Å². The minimum absolute atomic E-state index is 0.0610. The van der Waals surface area contributed by atoms with Gasteiger partial charge in [0.2, 0.25) is 0 Å². The first-order chi connectivity index (χ1) is 48.1. The Kier molecular flexibility index (Phi) is 16.0. The van der Waals surface area contributed by atoms with E-state index in [1.165, 1.54) is 156 Å². The van der Waals surface area contributed by atoms with E-state index in [1.54, 1.807) is 0 Å². The minimum atomic E-state index is -0.0898. The van der Waals surface area contributed by atoms with Gasteiger partial charge in [0.05, 0.1) is 5.69 Å². The topological polar surface area (TPSA) is 6.48 Å². The normalized spacial score (nSPS) is 15.2. The van der Waals surface area contributed by atoms with Gasteiger partial charge in [-0.15, -0.1) is 0 Å². The molecule has 12 aromatic rings. The molecule has 0 radical (unpaired) electrons. The molecule has 0 aliphatic heterocycles. The maximum Gasteiger partial charge on any atom is 0.0543 e. The summed E-state index contributed by atoms with van der Waals surface area (Å²) in [6.07, 6.45) is 0. The Balaban J connectivity index is 0.000000165. The van der Waals surface area contributed by atoms with Crippen molar-refractivity contribution in [2.45, 2.75) is 182 Å². The van der Waals surface area contributed by atoms with Gasteiger partial charge in [0.1, 0.15) is 0 Å². The lowest BCUT2D eigenvalue weighted by molar-refractivity contribution is 0.568. The number of anilines is 6. The minimum Gasteiger partial charge on any atom is -0.310 e. The molecular weight excluding hydrogens is 1230 g/mol. The third-order valence-corrected chi connectivity index (χ3v) is 23.6. The Bertz CT molecular complexity index is 5120. The average molecular weight is 1330 g/mol. The van der Waals surface area contributed by atoms with Gasteiger partial charge in [-0.25, -0.2) is 0 Å². The predicted molar refractivity (Wildman–Crippen MR) is 438 cm³/mol. The van der Waals surface area contributed by atoms with Crippen molar-refractivity contribution in [2.24, 2.45) is 0 Å². The van der Waals surface area contributed by atoms with Crippen LogP contribution in [0.5, 0.6) is 0 Å². The molecule has 0 amide bonds. The van der Waals surface area contributed by atoms with Crippen LogP contribution in [0.3, 0.4) is 0 Å². The van der Waals surface area contributed by atoms with Crippen LogP contribution in [0.15, 0.2) is 255 Å². The molecular formula is C100H102N2. The molecule has 2 heteroatoms. The van der Waals surface area contributed by atoms with Crippen LogP contribution in [-0.2, 0) is 43.3 Å². The first kappa shape index (κ1) is 68.0. The van der Waals surface area contributed by atoms with Gasteiger partial charge in [-0.05, 0) is 216 Å². The van der Waals surface area contributed by atoms with Gasteiger partial charge in [0.25, 0.3) is 0 Å². The molecule has 0 spiro atoms. The van der Waals surface area contributed by atoms with E-state index >= 15 is 0 Å². The van der Waals surface area contributed by atoms with E-state index in [2.05, 4.69) is 403 Å². The molecule has 0 saturated heterocycles. The summed E-state index contributed by atoms with van der Waals surface area (Å²) in [6, 6.07) is 96.9. The molecule has 0 fully saturated rings. The standard InChI is InChI=1S/2C50H51N/c1-47(2,3)34-28-33(29-35(30-34)48(4,5)6)32-22-24-36(25-23-32)51(37-26-27-39-38-16-11-13-18-41(38)50(9,10)44(39)31-37)45-21-15-20-43-46(45)40-17-12-14-19-42(40)49(43,7)8;1-47(2,3)34-27-33(28-35(29-34)48(4,5)6)32-19-21-36(22-20-32)51(37-23-25-41-39-15-11-13-17-43(39)49(7,8)45(41)30-37)38-24-26-42-40-16-12-14-18-44(40)50(9,10)46(42)31-38/h2*11-31H,1-10H3. The summed E-state index contributed by atoms with van der Waals surface area (Å²) in [4.78, 5) is 4.97. The van der Waals surface area contributed by atoms with Crippen molar-refractivity contribution in [3.8, 4) is 66.8 Å². The first-order valence-corrected chi connectivity index (χ1v) is 37.2. The number of benzene rings is 12. The molecule has 0 saturated carbocycles. The predicted octanol–water partition coefficient (Wildman–Crippen LogP) is 28.1. The maximum atomic E-state index is 2.51. The van der Waals surface area contributed by atoms with Crippen molar-refractivity contribution in [3.05, 3.63) is 322 Å². The lowest BCUT2D eigenvalue weighted by atomic mass is 9.79. The lowest BCUT2D eigenvalue weighted by Gasteiger charge is -2.30. The summed E-state index contributed by atoms with van der Waals surface area (Å²) in [6.45, 7) is 46.7. The fourth-order valence-corrected chi connectivity index (χ4v) is 17.2. The van der Waals surface area contributed by atoms with Crippen molar-refractivity contribution in [3.63, 3.8) is 0 Å². The highest BCUT2D eigenvalue weighted by Gasteiger charge is 2.42. The van der Waals surface area contributed by atoms with Gasteiger partial charge in [0.15, 0.2) is 0 Å². The van der Waals surface area contributed by atoms with Crippen LogP contribution in [0.25, 0.3) is 66.8 Å². The van der Waals surface area contributed by atoms with Gasteiger partial charge in [0, 0.05) is 55.7 Å². The van der Waals surface area contributed by atoms with Crippen LogP contribution in [-0.4, -0.2) is 0 Å². The van der Waals surface area contributed by atoms with E-state index in [0.717, 1.165) is 11.4 Å². The fourth-order valence-electron chi connectivity index (χ4n) is 17.2. The second-order valence-corrected chi connectivity index (χ2v) is 35.9. The summed E-state index contributed by atoms with van der Waals surface area (Å²) < 4.78 is 0. The Morgan fingerprint density at radius 2 is 0.471 bits per heavy atom. The largest absolute Gasteiger partial charge is 0.310 e. The zero-order chi connectivity index (χ0) is 72.2. The third-order valence-electron chi connectivity index (χ3n) is 23.6. The molecule has 512 valence electrons. The highest BCUT2D eigenvalue weighted by molar-refractivity contribution is 5.97. The summed E-state index contributed by atoms with van der Waals surface area (Å²) in [5.74, 6) is 0. The Morgan fingerprint density at radius 3 is 0.814 bits per heavy atom. The van der Waals surface area contributed by atoms with Gasteiger partial charge in [-0.3, -0.25) is 0 Å². The number of nitrogens with zero attached hydrogens (tertiary/aromatic N) is 2. The van der Waals surface area contributed by atoms with Crippen molar-refractivity contribution in [2.75, 3.05) is 9.80 Å². The van der Waals surface area contributed by atoms with Crippen molar-refractivity contribution in [1.82, 2.24) is 0 Å². The second-order valence-electron chi connectivity index (χ2n) is 35.9. The fraction of sp³-hybridized carbons (Fsp3) is 0.280. The van der Waals surface area contributed by atoms with Crippen LogP contribution in [0.1, 0.15) is 205 Å². The third kappa shape index (κ3) is 11.4. The van der Waals surface area contributed by atoms with Gasteiger partial charge in [-0.2, -0.15) is 0 Å². The monoisotopic (exact) mass is 1330 g/mol. The molecule has 0 aromatic heterocycles. The van der Waals surface area contributed by atoms with Crippen LogP contribution < -0.4 is 9.80 Å². The molecule has 0 N–H and O–H groups in total. The Labute approximate surface area is 610 Å². The summed E-state index contributed by atoms with van der Waals surface area (Å²) in [7, 11) is 0. The molecule has 4 aliphatic rings. The molecule has 12 aromatic carbocycles. The molecule has 0 bridgehead atoms. The first-order valence-electron chi connectivity index (χ1n) is 37.2. The highest BCUT2D eigenvalue weighted by Crippen LogP contribution is 2.58. The molecule has 0 unspecified atom stereocenters. The number of hydrogen-bond acceptors (Lipinski definition) is 2. The highest BCUT2D eigenvalue weighted by atomic mass is 15.2. The van der Waals surface area contributed by atoms with Crippen LogP contribution in [0.2, 0.25) is 0 Å². The smallest absolute Gasteiger partial charge is 0.0543 e. The van der Waals surface area contributed by atoms with E-state index in [0.29, 0.717) is 0 Å². The number of fused-ring (bicyclic) bond motifs is 12. The van der Waals surface area contributed by atoms with Crippen LogP contribution in [0, 0.1) is 0 Å². The van der Waals surface area contributed by atoms with Gasteiger partial charge in [-0.1, -0.05) is 327 Å². The maximum absolute atomic E-state index is 2.51. The van der Waals surface area contributed by atoms with Crippen molar-refractivity contribution < 1.29 is 0 Å². The average Bonchev–Trinajstić information content (AvgIpc) is 1.57. The second kappa shape index (κ2) is 23.9. The zero-order valence-electron chi connectivity index (χ0n) is 64.1. The molecule has 0 atom stereocenters. The summed E-state index contributed by atoms with van der Waals surface area (Å²) in [5, 5.41) is 0. The van der Waals surface area contributed by atoms with E-state index in [9.17, 15) is 0 Å². The number of hydrogen-bond donors (Lipinski definition) is 0. The number of rotatable bonds is 8. The SMILES string of the molecule is CC(C)(C)c1cc(-c2ccc(N(c3ccc4c(c3)C(C)(C)c3ccccc3-4)c3ccc4c(c3)C(C)(C)c3ccccc3-4)cc2)cc(C(C)(C)C)c1.CC(C)(C)c1cc(-c2ccc(N(c3ccc4c(c3)C(C)(C)c3ccccc3-4)c3cccc4c3-c3ccccc3C4(C)C)cc2)cc(C(C)(C)C)c1. The molecule has 4 aliphatic carbocycles. The molecule has 102 heavy (non-hydrogen) atoms. The van der Waals surface area contributed by atoms with Crippen LogP contribution >= 0.6 is 0 Å². The van der Waals surface area contributed by atoms with Crippen molar-refractivity contribution >= 4 is 34.1 Å². The molecule has 2 nitrogen and oxygen atoms in total. The summed E-state index contributed by atoms with van der Waals surface area (Å²) >= 11 is 0. The van der Waals surface area contributed by atoms with E-state index < -0.39 is 0 Å². The Morgan fingerprint density at radius 1 is 0.206 bits per heavy atom. The molecule has 0 heterocycles. The van der Waals surface area contributed by atoms with Crippen molar-refractivity contribution in [1.29, 1.82) is 0 Å². The van der Waals surface area contributed by atoms with Gasteiger partial charge < -0.3 is 9.80 Å². The molecule has 16 rings (SSSR count). The van der Waals surface area contributed by atoms with E-state index in [1.807, 2.05) is 0 Å². The van der Waals surface area contributed by atoms with Gasteiger partial charge >= 0.3 is 0 Å². The zero-order valence-corrected chi connectivity index (χ0v) is 64.1.